The van der Waals surface area contributed by atoms with Gasteiger partial charge < -0.3 is 94.4 Å². The maximum atomic E-state index is 13.9. The zero-order valence-corrected chi connectivity index (χ0v) is 73.0. The highest BCUT2D eigenvalue weighted by Gasteiger charge is 2.32. The van der Waals surface area contributed by atoms with Crippen LogP contribution in [0.4, 0.5) is 95.7 Å². The molecule has 5 aliphatic rings. The number of morpholine rings is 1. The van der Waals surface area contributed by atoms with Gasteiger partial charge in [0.05, 0.1) is 87.3 Å². The Hall–Kier alpha value is -9.24. The number of carbonyl (C=O) groups is 1. The summed E-state index contributed by atoms with van der Waals surface area (Å²) in [4.78, 5) is 55.1. The molecule has 3 aromatic heterocycles. The first kappa shape index (κ1) is 87.1. The van der Waals surface area contributed by atoms with Crippen LogP contribution >= 0.6 is 56.2 Å². The molecule has 5 aliphatic heterocycles. The van der Waals surface area contributed by atoms with E-state index in [2.05, 4.69) is 116 Å². The highest BCUT2D eigenvalue weighted by Crippen LogP contribution is 2.44. The standard InChI is InChI=1S/C30H40ClN8O3P.C29H38ClFN7O2P.C23H27ClN5O3P/c1-32-30(40)39-17-15-38(16-18-39)21-11-13-37(14-12-21)22-9-10-24(26(19-22)42-2)35-29-33-20-23(31)28(36-29)34-25-7-5-6-8-27(25)43(3,4)41;1-36-13-15-38(16-14-36)21-9-11-37(12-10-21)22-6-8-24(26(18-22)40-2)34-29-32-19-23(30)28(35-29)33-25-7-5-20(31)17-27(25)41(3,4)39;1-31-20-14-16(29-10-12-32-13-11-29)8-9-18(20)27-23-25-15-17(24)22(28-23)26-19-6-4-5-7-21(19)33(2,3)30/h5-10,19-21H,11-18H2,1-4H3,(H,32,40)(H2,33,34,35,36);5-8,17-19,21H,9-16H2,1-4H3,(H2,32,33,34,35);4-9,14-15H,10-13H2,1-3H3,(H2,25,26,27,28). The van der Waals surface area contributed by atoms with Crippen molar-refractivity contribution in [3.63, 3.8) is 0 Å². The number of rotatable bonds is 23. The third-order valence-electron chi connectivity index (χ3n) is 21.2. The molecule has 9 aromatic rings. The van der Waals surface area contributed by atoms with E-state index in [0.717, 1.165) is 156 Å². The highest BCUT2D eigenvalue weighted by molar-refractivity contribution is 7.71. The Morgan fingerprint density at radius 1 is 0.436 bits per heavy atom. The second kappa shape index (κ2) is 39.6. The molecule has 0 aliphatic carbocycles. The molecule has 624 valence electrons. The minimum Gasteiger partial charge on any atom is -0.494 e. The Morgan fingerprint density at radius 3 is 1.14 bits per heavy atom. The molecule has 14 rings (SSSR count). The van der Waals surface area contributed by atoms with Crippen molar-refractivity contribution >= 4 is 165 Å². The fraction of sp³-hybridized carbons (Fsp3) is 0.402. The number of nitrogens with zero attached hydrogens (tertiary/aromatic N) is 13. The van der Waals surface area contributed by atoms with E-state index in [1.807, 2.05) is 95.9 Å². The number of carbonyl (C=O) groups excluding carboxylic acids is 1. The average Bonchev–Trinajstić information content (AvgIpc) is 0.814. The van der Waals surface area contributed by atoms with Crippen LogP contribution in [-0.4, -0.2) is 248 Å². The third-order valence-corrected chi connectivity index (χ3v) is 26.7. The summed E-state index contributed by atoms with van der Waals surface area (Å²) < 4.78 is 74.7. The Bertz CT molecular complexity index is 5070. The van der Waals surface area contributed by atoms with Crippen molar-refractivity contribution in [2.24, 2.45) is 0 Å². The van der Waals surface area contributed by atoms with Gasteiger partial charge >= 0.3 is 6.03 Å². The number of likely N-dealkylation sites (N-methyl/N-ethyl adjacent to an activating group) is 1. The maximum Gasteiger partial charge on any atom is 0.317 e. The smallest absolute Gasteiger partial charge is 0.317 e. The molecule has 0 atom stereocenters. The fourth-order valence-corrected chi connectivity index (χ4v) is 18.7. The summed E-state index contributed by atoms with van der Waals surface area (Å²) in [7, 11) is 1.01. The average molecular weight is 1720 g/mol. The zero-order valence-electron chi connectivity index (χ0n) is 68.0. The normalized spacial score (nSPS) is 16.2. The molecule has 35 heteroatoms. The number of benzene rings is 6. The van der Waals surface area contributed by atoms with Crippen LogP contribution in [0.1, 0.15) is 25.7 Å². The molecule has 5 saturated heterocycles. The van der Waals surface area contributed by atoms with Gasteiger partial charge in [-0.2, -0.15) is 15.0 Å². The van der Waals surface area contributed by atoms with Gasteiger partial charge in [-0.05, 0) is 152 Å². The maximum absolute atomic E-state index is 13.9. The first-order valence-electron chi connectivity index (χ1n) is 39.0. The molecule has 0 spiro atoms. The number of piperazine rings is 2. The van der Waals surface area contributed by atoms with Crippen LogP contribution in [0, 0.1) is 5.82 Å². The van der Waals surface area contributed by atoms with E-state index in [4.69, 9.17) is 53.8 Å². The Kier molecular flexibility index (Phi) is 29.4. The molecule has 6 aromatic carbocycles. The SMILES string of the molecule is CNC(=O)N1CCN(C2CCN(c3ccc(Nc4ncc(Cl)c(Nc5ccccc5P(C)(C)=O)n4)c(OC)c3)CC2)CC1.COc1cc(N2CCC(N3CCN(C)CC3)CC2)ccc1Nc1ncc(Cl)c(Nc2ccc(F)cc2P(C)(C)=O)n1.COc1cc(N2CCOCC2)ccc1Nc1ncc(Cl)c(Nc2ccccc2P(C)(C)=O)n1. The largest absolute Gasteiger partial charge is 0.494 e. The van der Waals surface area contributed by atoms with Crippen molar-refractivity contribution in [1.29, 1.82) is 0 Å². The van der Waals surface area contributed by atoms with E-state index in [0.29, 0.717) is 116 Å². The van der Waals surface area contributed by atoms with Crippen LogP contribution < -0.4 is 82.0 Å². The molecular formula is C82H105Cl3FN20O8P3. The highest BCUT2D eigenvalue weighted by atomic mass is 35.5. The molecule has 28 nitrogen and oxygen atoms in total. The lowest BCUT2D eigenvalue weighted by molar-refractivity contribution is 0.0973. The second-order valence-electron chi connectivity index (χ2n) is 30.3. The first-order valence-corrected chi connectivity index (χ1v) is 47.9. The van der Waals surface area contributed by atoms with Crippen molar-refractivity contribution in [3.05, 3.63) is 161 Å². The quantitative estimate of drug-likeness (QED) is 0.0293. The summed E-state index contributed by atoms with van der Waals surface area (Å²) in [5.74, 6) is 3.72. The van der Waals surface area contributed by atoms with E-state index < -0.39 is 27.2 Å². The summed E-state index contributed by atoms with van der Waals surface area (Å²) in [6, 6.07) is 38.3. The Labute approximate surface area is 699 Å². The molecule has 0 unspecified atom stereocenters. The van der Waals surface area contributed by atoms with Gasteiger partial charge in [-0.3, -0.25) is 9.80 Å². The van der Waals surface area contributed by atoms with Crippen LogP contribution in [0.3, 0.4) is 0 Å². The molecule has 5 fully saturated rings. The van der Waals surface area contributed by atoms with Crippen LogP contribution in [0.5, 0.6) is 17.2 Å². The van der Waals surface area contributed by atoms with Gasteiger partial charge in [-0.1, -0.05) is 59.1 Å². The molecular weight excluding hydrogens is 1610 g/mol. The summed E-state index contributed by atoms with van der Waals surface area (Å²) in [5, 5.41) is 24.8. The van der Waals surface area contributed by atoms with Crippen molar-refractivity contribution in [1.82, 2.24) is 54.8 Å². The molecule has 2 amide bonds. The third kappa shape index (κ3) is 23.0. The van der Waals surface area contributed by atoms with Gasteiger partial charge in [0.15, 0.2) is 17.5 Å². The van der Waals surface area contributed by atoms with E-state index in [1.54, 1.807) is 68.4 Å². The Balaban J connectivity index is 0.000000163. The van der Waals surface area contributed by atoms with Gasteiger partial charge in [0.2, 0.25) is 17.8 Å². The van der Waals surface area contributed by atoms with Crippen molar-refractivity contribution in [3.8, 4) is 17.2 Å². The fourth-order valence-electron chi connectivity index (χ4n) is 14.8. The van der Waals surface area contributed by atoms with Crippen molar-refractivity contribution in [2.45, 2.75) is 37.8 Å². The number of hydrogen-bond donors (Lipinski definition) is 7. The molecule has 8 heterocycles. The lowest BCUT2D eigenvalue weighted by Crippen LogP contribution is -2.55. The molecule has 7 N–H and O–H groups in total. The van der Waals surface area contributed by atoms with Gasteiger partial charge in [0.25, 0.3) is 0 Å². The summed E-state index contributed by atoms with van der Waals surface area (Å²) in [5.41, 5.74) is 7.34. The number of aromatic nitrogens is 6. The van der Waals surface area contributed by atoms with Crippen molar-refractivity contribution < 1.29 is 41.8 Å². The van der Waals surface area contributed by atoms with Gasteiger partial charge in [-0.25, -0.2) is 24.1 Å². The number of ether oxygens (including phenoxy) is 4. The predicted octanol–water partition coefficient (Wildman–Crippen LogP) is 14.7. The minimum atomic E-state index is -2.77. The van der Waals surface area contributed by atoms with Crippen LogP contribution in [0.15, 0.2) is 140 Å². The lowest BCUT2D eigenvalue weighted by atomic mass is 10.0. The zero-order chi connectivity index (χ0) is 83.1. The molecule has 0 radical (unpaired) electrons. The lowest BCUT2D eigenvalue weighted by Gasteiger charge is -2.43. The van der Waals surface area contributed by atoms with Crippen molar-refractivity contribution in [2.75, 3.05) is 227 Å². The molecule has 0 bridgehead atoms. The van der Waals surface area contributed by atoms with Crippen LogP contribution in [-0.2, 0) is 18.4 Å². The van der Waals surface area contributed by atoms with Crippen LogP contribution in [0.2, 0.25) is 15.1 Å². The molecule has 117 heavy (non-hydrogen) atoms. The Morgan fingerprint density at radius 2 is 0.778 bits per heavy atom. The monoisotopic (exact) mass is 1710 g/mol. The number of methoxy groups -OCH3 is 3. The van der Waals surface area contributed by atoms with E-state index in [-0.39, 0.29) is 11.1 Å². The number of para-hydroxylation sites is 2. The predicted molar refractivity (Wildman–Crippen MR) is 477 cm³/mol. The van der Waals surface area contributed by atoms with E-state index in [1.165, 1.54) is 36.8 Å². The number of amides is 2. The van der Waals surface area contributed by atoms with Crippen LogP contribution in [0.25, 0.3) is 0 Å². The number of halogens is 4. The number of nitrogens with one attached hydrogen (secondary N) is 7. The first-order chi connectivity index (χ1) is 56.1. The topological polar surface area (TPSA) is 289 Å². The van der Waals surface area contributed by atoms with E-state index >= 15 is 0 Å². The van der Waals surface area contributed by atoms with Gasteiger partial charge in [0.1, 0.15) is 59.6 Å². The summed E-state index contributed by atoms with van der Waals surface area (Å²) in [6.07, 6.45) is 8.99. The number of anilines is 15. The number of hydrogen-bond acceptors (Lipinski definition) is 26. The number of piperidine rings is 2. The van der Waals surface area contributed by atoms with Gasteiger partial charge in [-0.15, -0.1) is 0 Å². The second-order valence-corrected chi connectivity index (χ2v) is 41.0. The molecule has 0 saturated carbocycles. The van der Waals surface area contributed by atoms with E-state index in [9.17, 15) is 22.9 Å². The summed E-state index contributed by atoms with van der Waals surface area (Å²) >= 11 is 19.2. The van der Waals surface area contributed by atoms with Gasteiger partial charge in [0, 0.05) is 162 Å². The number of urea groups is 1. The minimum absolute atomic E-state index is 0.00731. The summed E-state index contributed by atoms with van der Waals surface area (Å²) in [6.45, 7) is 25.1.